The molecule has 1 aliphatic rings. The summed E-state index contributed by atoms with van der Waals surface area (Å²) in [5.74, 6) is 0.551. The highest BCUT2D eigenvalue weighted by molar-refractivity contribution is 6.17. The monoisotopic (exact) mass is 634 g/mol. The number of furan rings is 1. The van der Waals surface area contributed by atoms with Crippen molar-refractivity contribution in [3.63, 3.8) is 0 Å². The average molecular weight is 635 g/mol. The Kier molecular flexibility index (Phi) is 7.96. The van der Waals surface area contributed by atoms with E-state index in [4.69, 9.17) is 13.8 Å². The van der Waals surface area contributed by atoms with Crippen LogP contribution in [0.2, 0.25) is 0 Å². The molecule has 0 aliphatic heterocycles. The summed E-state index contributed by atoms with van der Waals surface area (Å²) in [7, 11) is 0. The fourth-order valence-electron chi connectivity index (χ4n) is 6.59. The van der Waals surface area contributed by atoms with E-state index in [1.54, 1.807) is 0 Å². The lowest BCUT2D eigenvalue weighted by atomic mass is 9.97. The van der Waals surface area contributed by atoms with Crippen molar-refractivity contribution in [2.45, 2.75) is 12.8 Å². The van der Waals surface area contributed by atoms with Gasteiger partial charge in [0, 0.05) is 33.3 Å². The third-order valence-electron chi connectivity index (χ3n) is 8.90. The minimum absolute atomic E-state index is 0.551. The molecule has 0 atom stereocenters. The highest BCUT2D eigenvalue weighted by Crippen LogP contribution is 2.47. The van der Waals surface area contributed by atoms with E-state index in [1.165, 1.54) is 5.56 Å². The number of fused-ring (bicyclic) bond motifs is 4. The van der Waals surface area contributed by atoms with Crippen molar-refractivity contribution >= 4 is 56.6 Å². The zero-order valence-corrected chi connectivity index (χ0v) is 27.1. The molecule has 0 saturated carbocycles. The van der Waals surface area contributed by atoms with E-state index in [0.29, 0.717) is 5.89 Å². The molecular weight excluding hydrogens is 601 g/mol. The van der Waals surface area contributed by atoms with Crippen LogP contribution in [0.3, 0.4) is 0 Å². The second-order valence-electron chi connectivity index (χ2n) is 11.9. The summed E-state index contributed by atoms with van der Waals surface area (Å²) in [6, 6.07) is 35.2. The van der Waals surface area contributed by atoms with E-state index in [9.17, 15) is 0 Å². The third-order valence-corrected chi connectivity index (χ3v) is 8.90. The van der Waals surface area contributed by atoms with Crippen LogP contribution in [0.25, 0.3) is 67.8 Å². The van der Waals surface area contributed by atoms with Crippen molar-refractivity contribution in [2.24, 2.45) is 0 Å². The second kappa shape index (κ2) is 13.0. The summed E-state index contributed by atoms with van der Waals surface area (Å²) < 4.78 is 13.2. The molecule has 7 aromatic rings. The SMILES string of the molecule is C=Cc1cc2c(oc3cccc(-c4nc5ccccc5o4)c32)c(N(C2=C/C/C=C\C=C/C/C=C\2)c2ccc(-c3ccccc3)cc2)c1C=C. The van der Waals surface area contributed by atoms with Gasteiger partial charge in [-0.05, 0) is 78.1 Å². The van der Waals surface area contributed by atoms with Crippen LogP contribution in [0.1, 0.15) is 24.0 Å². The number of rotatable bonds is 7. The van der Waals surface area contributed by atoms with Gasteiger partial charge in [-0.2, -0.15) is 0 Å². The molecule has 0 unspecified atom stereocenters. The predicted molar refractivity (Wildman–Crippen MR) is 206 cm³/mol. The number of para-hydroxylation sites is 2. The minimum Gasteiger partial charge on any atom is -0.454 e. The summed E-state index contributed by atoms with van der Waals surface area (Å²) in [6.07, 6.45) is 20.5. The maximum absolute atomic E-state index is 6.88. The average Bonchev–Trinajstić information content (AvgIpc) is 3.76. The Morgan fingerprint density at radius 1 is 0.694 bits per heavy atom. The number of hydrogen-bond acceptors (Lipinski definition) is 4. The molecule has 0 saturated heterocycles. The van der Waals surface area contributed by atoms with Crippen LogP contribution < -0.4 is 4.90 Å². The number of oxazole rings is 1. The Hall–Kier alpha value is -6.39. The number of allylic oxidation sites excluding steroid dienone is 7. The smallest absolute Gasteiger partial charge is 0.228 e. The number of hydrogen-bond donors (Lipinski definition) is 0. The number of nitrogens with zero attached hydrogens (tertiary/aromatic N) is 2. The van der Waals surface area contributed by atoms with Crippen molar-refractivity contribution in [3.8, 4) is 22.6 Å². The van der Waals surface area contributed by atoms with Gasteiger partial charge in [-0.1, -0.05) is 122 Å². The molecule has 4 heteroatoms. The van der Waals surface area contributed by atoms with Gasteiger partial charge in [0.25, 0.3) is 0 Å². The molecule has 2 aromatic heterocycles. The van der Waals surface area contributed by atoms with E-state index in [2.05, 4.69) is 115 Å². The van der Waals surface area contributed by atoms with Gasteiger partial charge in [-0.25, -0.2) is 4.98 Å². The third kappa shape index (κ3) is 5.53. The first kappa shape index (κ1) is 30.0. The summed E-state index contributed by atoms with van der Waals surface area (Å²) in [5, 5.41) is 1.88. The van der Waals surface area contributed by atoms with Crippen molar-refractivity contribution in [1.29, 1.82) is 0 Å². The molecule has 0 spiro atoms. The van der Waals surface area contributed by atoms with Crippen LogP contribution in [0.5, 0.6) is 0 Å². The molecular formula is C45H34N2O2. The second-order valence-corrected chi connectivity index (χ2v) is 11.9. The highest BCUT2D eigenvalue weighted by Gasteiger charge is 2.26. The molecule has 4 nitrogen and oxygen atoms in total. The molecule has 0 N–H and O–H groups in total. The number of benzene rings is 5. The highest BCUT2D eigenvalue weighted by atomic mass is 16.3. The minimum atomic E-state index is 0.551. The zero-order valence-electron chi connectivity index (χ0n) is 27.1. The molecule has 1 aliphatic carbocycles. The zero-order chi connectivity index (χ0) is 33.2. The van der Waals surface area contributed by atoms with E-state index in [0.717, 1.165) is 85.2 Å². The van der Waals surface area contributed by atoms with Gasteiger partial charge in [0.1, 0.15) is 11.1 Å². The van der Waals surface area contributed by atoms with Crippen molar-refractivity contribution in [2.75, 3.05) is 4.90 Å². The molecule has 2 heterocycles. The number of anilines is 2. The van der Waals surface area contributed by atoms with E-state index in [1.807, 2.05) is 60.7 Å². The van der Waals surface area contributed by atoms with E-state index < -0.39 is 0 Å². The molecule has 0 fully saturated rings. The Bertz CT molecular complexity index is 2440. The normalized spacial score (nSPS) is 16.2. The van der Waals surface area contributed by atoms with Gasteiger partial charge in [-0.15, -0.1) is 0 Å². The van der Waals surface area contributed by atoms with Crippen molar-refractivity contribution in [1.82, 2.24) is 4.98 Å². The van der Waals surface area contributed by atoms with Crippen LogP contribution in [0.4, 0.5) is 11.4 Å². The summed E-state index contributed by atoms with van der Waals surface area (Å²) in [5.41, 5.74) is 11.0. The van der Waals surface area contributed by atoms with E-state index >= 15 is 0 Å². The summed E-state index contributed by atoms with van der Waals surface area (Å²) in [6.45, 7) is 8.52. The van der Waals surface area contributed by atoms with Crippen LogP contribution in [0.15, 0.2) is 173 Å². The van der Waals surface area contributed by atoms with Crippen LogP contribution in [0, 0.1) is 0 Å². The maximum atomic E-state index is 6.88. The standard InChI is InChI=1S/C45H34N2O2/c1-3-31-30-38-42-37(45-46-39-23-15-16-24-40(39)49-45)22-17-25-41(42)48-44(38)43(36(31)4-2)47(34-20-13-8-6-5-7-9-14-21-34)35-28-26-33(27-29-35)32-18-11-10-12-19-32/h3-8,10-12,14-30H,1-2,9,13H2/b7-5-,8-6-,21-14-,34-20+. The molecule has 0 radical (unpaired) electrons. The lowest BCUT2D eigenvalue weighted by Gasteiger charge is -2.29. The maximum Gasteiger partial charge on any atom is 0.228 e. The van der Waals surface area contributed by atoms with Gasteiger partial charge >= 0.3 is 0 Å². The Balaban J connectivity index is 1.41. The predicted octanol–water partition coefficient (Wildman–Crippen LogP) is 12.8. The van der Waals surface area contributed by atoms with Crippen molar-refractivity contribution < 1.29 is 8.83 Å². The lowest BCUT2D eigenvalue weighted by molar-refractivity contribution is 0.620. The van der Waals surface area contributed by atoms with Crippen LogP contribution >= 0.6 is 0 Å². The first-order valence-corrected chi connectivity index (χ1v) is 16.5. The van der Waals surface area contributed by atoms with Gasteiger partial charge in [0.2, 0.25) is 5.89 Å². The molecule has 8 rings (SSSR count). The summed E-state index contributed by atoms with van der Waals surface area (Å²) in [4.78, 5) is 7.15. The van der Waals surface area contributed by atoms with Gasteiger partial charge in [0.15, 0.2) is 11.2 Å². The van der Waals surface area contributed by atoms with Crippen LogP contribution in [-0.4, -0.2) is 4.98 Å². The first-order chi connectivity index (χ1) is 24.2. The molecule has 49 heavy (non-hydrogen) atoms. The van der Waals surface area contributed by atoms with Gasteiger partial charge < -0.3 is 13.7 Å². The Labute approximate surface area is 285 Å². The summed E-state index contributed by atoms with van der Waals surface area (Å²) >= 11 is 0. The van der Waals surface area contributed by atoms with Crippen LogP contribution in [-0.2, 0) is 0 Å². The van der Waals surface area contributed by atoms with Gasteiger partial charge in [0.05, 0.1) is 5.69 Å². The van der Waals surface area contributed by atoms with E-state index in [-0.39, 0.29) is 0 Å². The van der Waals surface area contributed by atoms with Gasteiger partial charge in [-0.3, -0.25) is 0 Å². The fourth-order valence-corrected chi connectivity index (χ4v) is 6.59. The fraction of sp³-hybridized carbons (Fsp3) is 0.0444. The molecule has 5 aromatic carbocycles. The first-order valence-electron chi connectivity index (χ1n) is 16.5. The largest absolute Gasteiger partial charge is 0.454 e. The molecule has 0 bridgehead atoms. The quantitative estimate of drug-likeness (QED) is 0.175. The number of aromatic nitrogens is 1. The van der Waals surface area contributed by atoms with Crippen molar-refractivity contribution in [3.05, 3.63) is 176 Å². The lowest BCUT2D eigenvalue weighted by Crippen LogP contribution is -2.17. The molecule has 0 amide bonds. The Morgan fingerprint density at radius 2 is 1.45 bits per heavy atom. The Morgan fingerprint density at radius 3 is 2.24 bits per heavy atom. The molecule has 236 valence electrons. The topological polar surface area (TPSA) is 42.4 Å².